The van der Waals surface area contributed by atoms with Crippen LogP contribution in [0.2, 0.25) is 0 Å². The Balaban J connectivity index is 1.58. The predicted molar refractivity (Wildman–Crippen MR) is 87.5 cm³/mol. The molecule has 0 unspecified atom stereocenters. The smallest absolute Gasteiger partial charge is 0.331 e. The average Bonchev–Trinajstić information content (AvgIpc) is 3.53. The van der Waals surface area contributed by atoms with Crippen LogP contribution in [-0.2, 0) is 28.5 Å². The van der Waals surface area contributed by atoms with Crippen LogP contribution in [0.15, 0.2) is 11.6 Å². The number of epoxide rings is 2. The van der Waals surface area contributed by atoms with Crippen molar-refractivity contribution < 1.29 is 43.9 Å². The van der Waals surface area contributed by atoms with Gasteiger partial charge in [0.2, 0.25) is 0 Å². The van der Waals surface area contributed by atoms with E-state index in [1.807, 2.05) is 6.92 Å². The Morgan fingerprint density at radius 2 is 1.86 bits per heavy atom. The van der Waals surface area contributed by atoms with Crippen LogP contribution in [0.5, 0.6) is 0 Å². The van der Waals surface area contributed by atoms with Crippen LogP contribution in [0, 0.1) is 16.7 Å². The molecule has 2 aliphatic carbocycles. The van der Waals surface area contributed by atoms with Gasteiger partial charge in [-0.15, -0.1) is 0 Å². The summed E-state index contributed by atoms with van der Waals surface area (Å²) in [6, 6.07) is 0. The Bertz CT molecular complexity index is 865. The third-order valence-electron chi connectivity index (χ3n) is 8.10. The van der Waals surface area contributed by atoms with Gasteiger partial charge in [-0.05, 0) is 19.4 Å². The van der Waals surface area contributed by atoms with Crippen LogP contribution in [-0.4, -0.2) is 81.7 Å². The Labute approximate surface area is 160 Å². The topological polar surface area (TPSA) is 138 Å². The van der Waals surface area contributed by atoms with Gasteiger partial charge in [-0.25, -0.2) is 4.79 Å². The molecule has 28 heavy (non-hydrogen) atoms. The van der Waals surface area contributed by atoms with Crippen LogP contribution >= 0.6 is 0 Å². The molecule has 2 saturated carbocycles. The van der Waals surface area contributed by atoms with Gasteiger partial charge in [-0.1, -0.05) is 6.92 Å². The number of carbonyl (C=O) groups is 2. The summed E-state index contributed by atoms with van der Waals surface area (Å²) in [5.74, 6) is -1.62. The summed E-state index contributed by atoms with van der Waals surface area (Å²) in [4.78, 5) is 25.3. The highest BCUT2D eigenvalue weighted by molar-refractivity contribution is 5.88. The average molecular weight is 394 g/mol. The fourth-order valence-corrected chi connectivity index (χ4v) is 6.75. The second-order valence-electron chi connectivity index (χ2n) is 9.60. The highest BCUT2D eigenvalue weighted by atomic mass is 16.7. The number of carbonyl (C=O) groups excluding carboxylic acids is 2. The van der Waals surface area contributed by atoms with Gasteiger partial charge in [0, 0.05) is 17.4 Å². The van der Waals surface area contributed by atoms with Gasteiger partial charge < -0.3 is 34.3 Å². The van der Waals surface area contributed by atoms with E-state index < -0.39 is 83.1 Å². The van der Waals surface area contributed by atoms with Crippen LogP contribution < -0.4 is 0 Å². The van der Waals surface area contributed by atoms with Crippen LogP contribution in [0.3, 0.4) is 0 Å². The van der Waals surface area contributed by atoms with Crippen molar-refractivity contribution >= 4 is 11.9 Å². The van der Waals surface area contributed by atoms with Crippen molar-refractivity contribution in [1.82, 2.24) is 0 Å². The van der Waals surface area contributed by atoms with Crippen molar-refractivity contribution in [2.75, 3.05) is 6.61 Å². The van der Waals surface area contributed by atoms with Crippen LogP contribution in [0.4, 0.5) is 0 Å². The van der Waals surface area contributed by atoms with Gasteiger partial charge in [0.25, 0.3) is 0 Å². The standard InChI is InChI=1S/C19H22O9/c1-16(24,5-20)14-19-6(4-7(21)25-14)17(2)10-8(13(19)28-19)27-15(23)18(10,3)11(22)9-12(17)26-9/h4,8-14,20,22,24H,5H2,1-3H3/t8-,9+,10+,11-,12+,13+,14+,16-,17+,18+,19-/m0/s1. The number of fused-ring (bicyclic) bond motifs is 4. The maximum Gasteiger partial charge on any atom is 0.331 e. The molecule has 1 spiro atoms. The third kappa shape index (κ3) is 1.51. The van der Waals surface area contributed by atoms with Gasteiger partial charge >= 0.3 is 11.9 Å². The lowest BCUT2D eigenvalue weighted by atomic mass is 9.46. The van der Waals surface area contributed by atoms with E-state index in [9.17, 15) is 24.9 Å². The Hall–Kier alpha value is -1.52. The Morgan fingerprint density at radius 1 is 1.14 bits per heavy atom. The molecule has 4 heterocycles. The lowest BCUT2D eigenvalue weighted by molar-refractivity contribution is -0.178. The first-order chi connectivity index (χ1) is 13.0. The summed E-state index contributed by atoms with van der Waals surface area (Å²) < 4.78 is 23.0. The molecule has 6 aliphatic rings. The number of esters is 2. The molecule has 5 fully saturated rings. The van der Waals surface area contributed by atoms with E-state index in [4.69, 9.17) is 18.9 Å². The quantitative estimate of drug-likeness (QED) is 0.374. The summed E-state index contributed by atoms with van der Waals surface area (Å²) in [7, 11) is 0. The minimum atomic E-state index is -1.75. The van der Waals surface area contributed by atoms with Crippen molar-refractivity contribution in [3.05, 3.63) is 11.6 Å². The van der Waals surface area contributed by atoms with Crippen molar-refractivity contribution in [3.8, 4) is 0 Å². The predicted octanol–water partition coefficient (Wildman–Crippen LogP) is -1.57. The second-order valence-corrected chi connectivity index (χ2v) is 9.60. The van der Waals surface area contributed by atoms with E-state index in [1.165, 1.54) is 13.0 Å². The SMILES string of the molecule is C[C@@]12C3=CC(=O)O[C@H]([C@@](C)(O)CO)[C@]34O[C@@H]4[C@H]3OC(=O)[C@](C)([C@H]31)[C@@H](O)[C@H]1O[C@H]12. The van der Waals surface area contributed by atoms with Crippen molar-refractivity contribution in [2.24, 2.45) is 16.7 Å². The zero-order valence-electron chi connectivity index (χ0n) is 15.6. The van der Waals surface area contributed by atoms with Crippen molar-refractivity contribution in [3.63, 3.8) is 0 Å². The van der Waals surface area contributed by atoms with E-state index in [0.717, 1.165) is 0 Å². The Morgan fingerprint density at radius 3 is 2.54 bits per heavy atom. The van der Waals surface area contributed by atoms with Crippen molar-refractivity contribution in [2.45, 2.75) is 68.6 Å². The summed E-state index contributed by atoms with van der Waals surface area (Å²) in [6.45, 7) is 4.32. The Kier molecular flexibility index (Phi) is 2.77. The zero-order valence-corrected chi connectivity index (χ0v) is 15.6. The molecule has 152 valence electrons. The highest BCUT2D eigenvalue weighted by Crippen LogP contribution is 2.75. The molecule has 0 aromatic rings. The summed E-state index contributed by atoms with van der Waals surface area (Å²) >= 11 is 0. The molecular formula is C19H22O9. The summed E-state index contributed by atoms with van der Waals surface area (Å²) in [6.07, 6.45) is -3.06. The zero-order chi connectivity index (χ0) is 20.0. The molecular weight excluding hydrogens is 372 g/mol. The molecule has 9 nitrogen and oxygen atoms in total. The molecule has 0 aromatic carbocycles. The van der Waals surface area contributed by atoms with Gasteiger partial charge in [-0.3, -0.25) is 4.79 Å². The molecule has 11 atom stereocenters. The number of hydrogen-bond donors (Lipinski definition) is 3. The van der Waals surface area contributed by atoms with Gasteiger partial charge in [0.15, 0.2) is 11.7 Å². The maximum atomic E-state index is 12.9. The number of hydrogen-bond acceptors (Lipinski definition) is 9. The first-order valence-corrected chi connectivity index (χ1v) is 9.53. The second kappa shape index (κ2) is 4.46. The first-order valence-electron chi connectivity index (χ1n) is 9.53. The molecule has 0 aromatic heterocycles. The molecule has 0 amide bonds. The molecule has 3 N–H and O–H groups in total. The molecule has 3 saturated heterocycles. The molecule has 9 heteroatoms. The number of ether oxygens (including phenoxy) is 4. The van der Waals surface area contributed by atoms with Gasteiger partial charge in [-0.2, -0.15) is 0 Å². The van der Waals surface area contributed by atoms with E-state index in [0.29, 0.717) is 5.57 Å². The first kappa shape index (κ1) is 17.3. The summed E-state index contributed by atoms with van der Waals surface area (Å²) in [5, 5.41) is 31.3. The number of rotatable bonds is 2. The molecule has 0 bridgehead atoms. The van der Waals surface area contributed by atoms with E-state index in [-0.39, 0.29) is 0 Å². The number of aliphatic hydroxyl groups is 3. The lowest BCUT2D eigenvalue weighted by Gasteiger charge is -2.54. The number of cyclic esters (lactones) is 1. The summed E-state index contributed by atoms with van der Waals surface area (Å²) in [5.41, 5.74) is -4.37. The highest BCUT2D eigenvalue weighted by Gasteiger charge is 2.89. The molecule has 0 radical (unpaired) electrons. The van der Waals surface area contributed by atoms with Crippen LogP contribution in [0.1, 0.15) is 20.8 Å². The lowest BCUT2D eigenvalue weighted by Crippen LogP contribution is -2.68. The van der Waals surface area contributed by atoms with E-state index in [1.54, 1.807) is 6.92 Å². The molecule has 4 aliphatic heterocycles. The van der Waals surface area contributed by atoms with E-state index >= 15 is 0 Å². The monoisotopic (exact) mass is 394 g/mol. The normalized spacial score (nSPS) is 59.5. The minimum Gasteiger partial charge on any atom is -0.459 e. The number of aliphatic hydroxyl groups excluding tert-OH is 2. The fraction of sp³-hybridized carbons (Fsp3) is 0.789. The van der Waals surface area contributed by atoms with Gasteiger partial charge in [0.05, 0.1) is 18.8 Å². The van der Waals surface area contributed by atoms with Crippen LogP contribution in [0.25, 0.3) is 0 Å². The third-order valence-corrected chi connectivity index (χ3v) is 8.10. The largest absolute Gasteiger partial charge is 0.459 e. The van der Waals surface area contributed by atoms with Crippen molar-refractivity contribution in [1.29, 1.82) is 0 Å². The maximum absolute atomic E-state index is 12.9. The van der Waals surface area contributed by atoms with E-state index in [2.05, 4.69) is 0 Å². The fourth-order valence-electron chi connectivity index (χ4n) is 6.75. The van der Waals surface area contributed by atoms with Gasteiger partial charge in [0.1, 0.15) is 29.3 Å². The minimum absolute atomic E-state index is 0.406. The molecule has 6 rings (SSSR count).